The molecule has 0 radical (unpaired) electrons. The summed E-state index contributed by atoms with van der Waals surface area (Å²) in [6.07, 6.45) is 13.6. The molecule has 0 N–H and O–H groups in total. The van der Waals surface area contributed by atoms with Gasteiger partial charge in [-0.15, -0.1) is 0 Å². The smallest absolute Gasteiger partial charge is 0.0536 e. The van der Waals surface area contributed by atoms with Crippen molar-refractivity contribution in [3.63, 3.8) is 0 Å². The van der Waals surface area contributed by atoms with Crippen LogP contribution in [-0.4, -0.2) is 0 Å². The fraction of sp³-hybridized carbons (Fsp3) is 0.130. The lowest BCUT2D eigenvalue weighted by Crippen LogP contribution is -2.21. The van der Waals surface area contributed by atoms with Crippen molar-refractivity contribution in [2.45, 2.75) is 41.5 Å². The van der Waals surface area contributed by atoms with Gasteiger partial charge in [-0.05, 0) is 122 Å². The molecular formula is C46H42N2. The molecule has 7 rings (SSSR count). The minimum atomic E-state index is 1.18. The van der Waals surface area contributed by atoms with Crippen LogP contribution in [0.1, 0.15) is 44.5 Å². The summed E-state index contributed by atoms with van der Waals surface area (Å²) in [4.78, 5) is 4.66. The van der Waals surface area contributed by atoms with E-state index >= 15 is 0 Å². The van der Waals surface area contributed by atoms with Gasteiger partial charge in [-0.2, -0.15) is 0 Å². The molecule has 2 heteroatoms. The van der Waals surface area contributed by atoms with E-state index in [-0.39, 0.29) is 0 Å². The molecule has 5 aromatic rings. The van der Waals surface area contributed by atoms with Crippen LogP contribution in [0, 0.1) is 41.5 Å². The Morgan fingerprint density at radius 1 is 0.396 bits per heavy atom. The van der Waals surface area contributed by atoms with E-state index in [0.29, 0.717) is 0 Å². The van der Waals surface area contributed by atoms with Gasteiger partial charge in [-0.25, -0.2) is 0 Å². The second kappa shape index (κ2) is 12.9. The molecule has 2 heterocycles. The fourth-order valence-corrected chi connectivity index (χ4v) is 6.92. The van der Waals surface area contributed by atoms with Crippen molar-refractivity contribution < 1.29 is 0 Å². The zero-order chi connectivity index (χ0) is 33.4. The lowest BCUT2D eigenvalue weighted by Gasteiger charge is -2.30. The van der Waals surface area contributed by atoms with Crippen molar-refractivity contribution in [1.82, 2.24) is 0 Å². The van der Waals surface area contributed by atoms with Gasteiger partial charge in [0.1, 0.15) is 0 Å². The summed E-state index contributed by atoms with van der Waals surface area (Å²) in [5.41, 5.74) is 17.2. The lowest BCUT2D eigenvalue weighted by atomic mass is 9.97. The molecule has 2 aliphatic heterocycles. The van der Waals surface area contributed by atoms with Crippen molar-refractivity contribution in [3.05, 3.63) is 201 Å². The molecule has 0 saturated carbocycles. The van der Waals surface area contributed by atoms with Gasteiger partial charge in [0, 0.05) is 34.9 Å². The molecule has 0 spiro atoms. The maximum atomic E-state index is 2.34. The van der Waals surface area contributed by atoms with E-state index < -0.39 is 0 Å². The van der Waals surface area contributed by atoms with Gasteiger partial charge in [-0.1, -0.05) is 108 Å². The van der Waals surface area contributed by atoms with Crippen LogP contribution in [0.4, 0.5) is 11.4 Å². The summed E-state index contributed by atoms with van der Waals surface area (Å²) in [5.74, 6) is 0. The molecule has 0 atom stereocenters. The topological polar surface area (TPSA) is 6.48 Å². The minimum Gasteiger partial charge on any atom is -0.316 e. The Morgan fingerprint density at radius 3 is 1.17 bits per heavy atom. The summed E-state index contributed by atoms with van der Waals surface area (Å²) in [6, 6.07) is 39.7. The second-order valence-corrected chi connectivity index (χ2v) is 13.1. The van der Waals surface area contributed by atoms with E-state index in [1.54, 1.807) is 0 Å². The summed E-state index contributed by atoms with van der Waals surface area (Å²) in [7, 11) is 0. The highest BCUT2D eigenvalue weighted by Crippen LogP contribution is 2.36. The normalized spacial score (nSPS) is 14.4. The molecule has 48 heavy (non-hydrogen) atoms. The van der Waals surface area contributed by atoms with E-state index in [0.717, 1.165) is 0 Å². The molecule has 2 aliphatic rings. The highest BCUT2D eigenvalue weighted by Gasteiger charge is 2.20. The Balaban J connectivity index is 1.33. The maximum absolute atomic E-state index is 2.34. The van der Waals surface area contributed by atoms with E-state index in [4.69, 9.17) is 0 Å². The average Bonchev–Trinajstić information content (AvgIpc) is 3.09. The van der Waals surface area contributed by atoms with Gasteiger partial charge in [-0.3, -0.25) is 0 Å². The van der Waals surface area contributed by atoms with Gasteiger partial charge in [0.05, 0.1) is 11.4 Å². The molecule has 0 aliphatic carbocycles. The number of hydrogen-bond donors (Lipinski definition) is 0. The third-order valence-corrected chi connectivity index (χ3v) is 9.53. The first-order valence-electron chi connectivity index (χ1n) is 16.8. The lowest BCUT2D eigenvalue weighted by molar-refractivity contribution is 1.22. The molecule has 0 aromatic heterocycles. The van der Waals surface area contributed by atoms with Crippen LogP contribution < -0.4 is 20.2 Å². The van der Waals surface area contributed by atoms with E-state index in [9.17, 15) is 0 Å². The van der Waals surface area contributed by atoms with E-state index in [2.05, 4.69) is 197 Å². The monoisotopic (exact) mass is 622 g/mol. The van der Waals surface area contributed by atoms with Crippen molar-refractivity contribution in [3.8, 4) is 0 Å². The number of nitrogens with zero attached hydrogens (tertiary/aromatic N) is 2. The summed E-state index contributed by atoms with van der Waals surface area (Å²) in [5, 5.41) is 2.39. The maximum Gasteiger partial charge on any atom is 0.0536 e. The Bertz CT molecular complexity index is 2120. The summed E-state index contributed by atoms with van der Waals surface area (Å²) < 4.78 is 0. The summed E-state index contributed by atoms with van der Waals surface area (Å²) in [6.45, 7) is 13.1. The molecule has 0 saturated heterocycles. The fourth-order valence-electron chi connectivity index (χ4n) is 6.92. The van der Waals surface area contributed by atoms with Gasteiger partial charge in [0.25, 0.3) is 0 Å². The molecule has 0 unspecified atom stereocenters. The highest BCUT2D eigenvalue weighted by molar-refractivity contribution is 5.94. The molecule has 0 amide bonds. The van der Waals surface area contributed by atoms with Crippen molar-refractivity contribution in [2.75, 3.05) is 9.80 Å². The first-order valence-corrected chi connectivity index (χ1v) is 16.8. The minimum absolute atomic E-state index is 1.18. The average molecular weight is 623 g/mol. The zero-order valence-corrected chi connectivity index (χ0v) is 28.8. The second-order valence-electron chi connectivity index (χ2n) is 13.1. The van der Waals surface area contributed by atoms with Crippen LogP contribution >= 0.6 is 0 Å². The number of anilines is 2. The molecule has 2 nitrogen and oxygen atoms in total. The molecule has 5 aromatic carbocycles. The molecule has 0 bridgehead atoms. The van der Waals surface area contributed by atoms with Crippen molar-refractivity contribution >= 4 is 33.9 Å². The quantitative estimate of drug-likeness (QED) is 0.197. The van der Waals surface area contributed by atoms with Crippen LogP contribution in [0.3, 0.4) is 0 Å². The SMILES string of the molecule is Cc1ccc(N2C=CC(=c3ccc(=C4C=CN(c5ccc(C)cc5C)C(c5ccccc5C)=C4)cc3)C=C2c2ccccc2C)c(C)c1. The van der Waals surface area contributed by atoms with Crippen LogP contribution in [0.2, 0.25) is 0 Å². The largest absolute Gasteiger partial charge is 0.316 e. The van der Waals surface area contributed by atoms with Crippen molar-refractivity contribution in [1.29, 1.82) is 0 Å². The third kappa shape index (κ3) is 5.98. The number of rotatable bonds is 4. The number of aryl methyl sites for hydroxylation is 6. The van der Waals surface area contributed by atoms with Crippen LogP contribution in [0.5, 0.6) is 0 Å². The Hall–Kier alpha value is -5.60. The van der Waals surface area contributed by atoms with Gasteiger partial charge < -0.3 is 9.80 Å². The van der Waals surface area contributed by atoms with Crippen LogP contribution in [-0.2, 0) is 0 Å². The van der Waals surface area contributed by atoms with Crippen LogP contribution in [0.25, 0.3) is 22.5 Å². The first-order chi connectivity index (χ1) is 23.3. The summed E-state index contributed by atoms with van der Waals surface area (Å²) >= 11 is 0. The number of hydrogen-bond acceptors (Lipinski definition) is 2. The Morgan fingerprint density at radius 2 is 0.792 bits per heavy atom. The predicted molar refractivity (Wildman–Crippen MR) is 206 cm³/mol. The molecule has 236 valence electrons. The molecule has 0 fully saturated rings. The highest BCUT2D eigenvalue weighted by atomic mass is 15.1. The van der Waals surface area contributed by atoms with Crippen molar-refractivity contribution in [2.24, 2.45) is 0 Å². The van der Waals surface area contributed by atoms with E-state index in [1.165, 1.54) is 88.9 Å². The van der Waals surface area contributed by atoms with Gasteiger partial charge in [0.2, 0.25) is 0 Å². The van der Waals surface area contributed by atoms with Crippen LogP contribution in [0.15, 0.2) is 146 Å². The molecular weight excluding hydrogens is 581 g/mol. The van der Waals surface area contributed by atoms with E-state index in [1.807, 2.05) is 0 Å². The standard InChI is InChI=1S/C46H42N2/c1-31-15-21-43(35(5)27-31)47-25-23-39(29-45(47)41-13-9-7-11-33(41)3)37-17-19-38(20-18-37)40-24-26-48(44-22-16-32(2)28-36(44)6)46(30-40)42-14-10-8-12-34(42)4/h7-30H,1-6H3. The zero-order valence-electron chi connectivity index (χ0n) is 28.8. The predicted octanol–water partition coefficient (Wildman–Crippen LogP) is 9.99. The number of benzene rings is 5. The third-order valence-electron chi connectivity index (χ3n) is 9.53. The first kappa shape index (κ1) is 31.0. The Kier molecular flexibility index (Phi) is 8.33. The Labute approximate surface area is 285 Å². The van der Waals surface area contributed by atoms with Gasteiger partial charge in [0.15, 0.2) is 0 Å². The number of allylic oxidation sites excluding steroid dienone is 4. The van der Waals surface area contributed by atoms with Gasteiger partial charge >= 0.3 is 0 Å².